The summed E-state index contributed by atoms with van der Waals surface area (Å²) in [7, 11) is 0. The first-order valence-electron chi connectivity index (χ1n) is 8.20. The Kier molecular flexibility index (Phi) is 7.18. The van der Waals surface area contributed by atoms with Gasteiger partial charge in [-0.2, -0.15) is 4.98 Å². The lowest BCUT2D eigenvalue weighted by atomic mass is 10.1. The van der Waals surface area contributed by atoms with E-state index in [9.17, 15) is 14.0 Å². The number of ether oxygens (including phenoxy) is 1. The molecule has 0 spiro atoms. The smallest absolute Gasteiger partial charge is 0.328 e. The molecular weight excluding hydrogens is 357 g/mol. The molecule has 8 nitrogen and oxygen atoms in total. The molecule has 0 aliphatic heterocycles. The third-order valence-corrected chi connectivity index (χ3v) is 3.62. The van der Waals surface area contributed by atoms with E-state index < -0.39 is 17.9 Å². The molecule has 0 aliphatic rings. The Balaban J connectivity index is 1.89. The minimum absolute atomic E-state index is 0.0465. The molecule has 1 unspecified atom stereocenters. The molecule has 9 heteroatoms. The average molecular weight is 377 g/mol. The first-order valence-corrected chi connectivity index (χ1v) is 8.20. The zero-order valence-electron chi connectivity index (χ0n) is 14.8. The average Bonchev–Trinajstić information content (AvgIpc) is 3.10. The fourth-order valence-corrected chi connectivity index (χ4v) is 2.14. The van der Waals surface area contributed by atoms with Crippen molar-refractivity contribution in [2.75, 3.05) is 13.2 Å². The molecule has 2 N–H and O–H groups in total. The number of carboxylic acid groups (broad SMARTS) is 1. The minimum Gasteiger partial charge on any atom is -0.480 e. The van der Waals surface area contributed by atoms with E-state index in [0.717, 1.165) is 0 Å². The summed E-state index contributed by atoms with van der Waals surface area (Å²) in [5.74, 6) is -1.67. The van der Waals surface area contributed by atoms with Gasteiger partial charge in [0.25, 0.3) is 0 Å². The van der Waals surface area contributed by atoms with Crippen LogP contribution in [-0.2, 0) is 20.7 Å². The molecule has 2 rings (SSSR count). The lowest BCUT2D eigenvalue weighted by Crippen LogP contribution is -2.44. The van der Waals surface area contributed by atoms with Crippen molar-refractivity contribution in [3.63, 3.8) is 0 Å². The highest BCUT2D eigenvalue weighted by atomic mass is 19.1. The maximum atomic E-state index is 13.6. The molecule has 0 saturated carbocycles. The number of carbonyl (C=O) groups is 2. The van der Waals surface area contributed by atoms with Gasteiger partial charge in [-0.3, -0.25) is 4.79 Å². The molecule has 0 bridgehead atoms. The monoisotopic (exact) mass is 377 g/mol. The summed E-state index contributed by atoms with van der Waals surface area (Å²) in [4.78, 5) is 27.2. The van der Waals surface area contributed by atoms with E-state index >= 15 is 0 Å². The van der Waals surface area contributed by atoms with Crippen molar-refractivity contribution in [1.29, 1.82) is 0 Å². The summed E-state index contributed by atoms with van der Waals surface area (Å²) in [6.45, 7) is 5.12. The van der Waals surface area contributed by atoms with E-state index in [2.05, 4.69) is 22.0 Å². The largest absolute Gasteiger partial charge is 0.480 e. The van der Waals surface area contributed by atoms with Crippen LogP contribution < -0.4 is 5.32 Å². The van der Waals surface area contributed by atoms with Crippen LogP contribution >= 0.6 is 0 Å². The van der Waals surface area contributed by atoms with Crippen molar-refractivity contribution >= 4 is 11.9 Å². The Hall–Kier alpha value is -3.07. The first kappa shape index (κ1) is 20.2. The van der Waals surface area contributed by atoms with E-state index in [1.54, 1.807) is 19.1 Å². The quantitative estimate of drug-likeness (QED) is 0.480. The minimum atomic E-state index is -1.20. The highest BCUT2D eigenvalue weighted by Crippen LogP contribution is 2.19. The SMILES string of the molecule is C=CCOCC(NC(=O)CCc1nc(-c2ccc(C)c(F)c2)no1)C(=O)O. The summed E-state index contributed by atoms with van der Waals surface area (Å²) in [5, 5.41) is 15.2. The molecule has 1 aromatic heterocycles. The molecule has 0 fully saturated rings. The molecule has 1 atom stereocenters. The molecule has 144 valence electrons. The van der Waals surface area contributed by atoms with E-state index in [0.29, 0.717) is 11.1 Å². The highest BCUT2D eigenvalue weighted by molar-refractivity contribution is 5.83. The molecule has 0 aliphatic carbocycles. The van der Waals surface area contributed by atoms with Gasteiger partial charge in [0, 0.05) is 18.4 Å². The van der Waals surface area contributed by atoms with Crippen molar-refractivity contribution in [1.82, 2.24) is 15.5 Å². The second-order valence-electron chi connectivity index (χ2n) is 5.76. The lowest BCUT2D eigenvalue weighted by Gasteiger charge is -2.13. The normalized spacial score (nSPS) is 11.8. The van der Waals surface area contributed by atoms with Crippen LogP contribution in [0.15, 0.2) is 35.4 Å². The standard InChI is InChI=1S/C18H20FN3O5/c1-3-8-26-10-14(18(24)25)20-15(23)6-7-16-21-17(22-27-16)12-5-4-11(2)13(19)9-12/h3-5,9,14H,1,6-8,10H2,2H3,(H,20,23)(H,24,25). The fraction of sp³-hybridized carbons (Fsp3) is 0.333. The summed E-state index contributed by atoms with van der Waals surface area (Å²) in [6, 6.07) is 3.41. The number of nitrogens with one attached hydrogen (secondary N) is 1. The van der Waals surface area contributed by atoms with Gasteiger partial charge in [-0.15, -0.1) is 6.58 Å². The van der Waals surface area contributed by atoms with Gasteiger partial charge >= 0.3 is 5.97 Å². The van der Waals surface area contributed by atoms with Crippen LogP contribution in [-0.4, -0.2) is 46.4 Å². The number of carboxylic acids is 1. The van der Waals surface area contributed by atoms with Gasteiger partial charge in [-0.1, -0.05) is 23.4 Å². The first-order chi connectivity index (χ1) is 12.9. The number of amides is 1. The summed E-state index contributed by atoms with van der Waals surface area (Å²) in [5.41, 5.74) is 0.965. The molecule has 2 aromatic rings. The second-order valence-corrected chi connectivity index (χ2v) is 5.76. The number of aryl methyl sites for hydroxylation is 2. The Morgan fingerprint density at radius 2 is 2.26 bits per heavy atom. The molecule has 0 radical (unpaired) electrons. The Labute approximate surface area is 155 Å². The predicted molar refractivity (Wildman–Crippen MR) is 93.3 cm³/mol. The van der Waals surface area contributed by atoms with Gasteiger partial charge < -0.3 is 19.7 Å². The summed E-state index contributed by atoms with van der Waals surface area (Å²) < 4.78 is 23.7. The summed E-state index contributed by atoms with van der Waals surface area (Å²) >= 11 is 0. The van der Waals surface area contributed by atoms with Crippen LogP contribution in [0, 0.1) is 12.7 Å². The maximum absolute atomic E-state index is 13.6. The maximum Gasteiger partial charge on any atom is 0.328 e. The number of halogens is 1. The predicted octanol–water partition coefficient (Wildman–Crippen LogP) is 1.89. The van der Waals surface area contributed by atoms with Gasteiger partial charge in [0.2, 0.25) is 17.6 Å². The van der Waals surface area contributed by atoms with E-state index in [1.165, 1.54) is 12.1 Å². The van der Waals surface area contributed by atoms with Crippen molar-refractivity contribution in [2.24, 2.45) is 0 Å². The zero-order valence-corrected chi connectivity index (χ0v) is 14.8. The molecular formula is C18H20FN3O5. The number of nitrogens with zero attached hydrogens (tertiary/aromatic N) is 2. The zero-order chi connectivity index (χ0) is 19.8. The number of aliphatic carboxylic acids is 1. The third-order valence-electron chi connectivity index (χ3n) is 3.62. The topological polar surface area (TPSA) is 115 Å². The Bertz CT molecular complexity index is 821. The van der Waals surface area contributed by atoms with E-state index in [4.69, 9.17) is 14.4 Å². The van der Waals surface area contributed by atoms with Crippen LogP contribution in [0.3, 0.4) is 0 Å². The number of benzene rings is 1. The second kappa shape index (κ2) is 9.58. The van der Waals surface area contributed by atoms with Crippen molar-refractivity contribution in [3.05, 3.63) is 48.1 Å². The number of hydrogen-bond acceptors (Lipinski definition) is 6. The van der Waals surface area contributed by atoms with Crippen LogP contribution in [0.2, 0.25) is 0 Å². The molecule has 0 saturated heterocycles. The lowest BCUT2D eigenvalue weighted by molar-refractivity contribution is -0.143. The van der Waals surface area contributed by atoms with Crippen molar-refractivity contribution in [3.8, 4) is 11.4 Å². The van der Waals surface area contributed by atoms with Crippen molar-refractivity contribution < 1.29 is 28.3 Å². The van der Waals surface area contributed by atoms with Gasteiger partial charge in [-0.05, 0) is 18.6 Å². The van der Waals surface area contributed by atoms with Crippen molar-refractivity contribution in [2.45, 2.75) is 25.8 Å². The third kappa shape index (κ3) is 6.00. The highest BCUT2D eigenvalue weighted by Gasteiger charge is 2.20. The van der Waals surface area contributed by atoms with Crippen LogP contribution in [0.1, 0.15) is 17.9 Å². The number of hydrogen-bond donors (Lipinski definition) is 2. The Morgan fingerprint density at radius 1 is 1.48 bits per heavy atom. The van der Waals surface area contributed by atoms with Crippen LogP contribution in [0.4, 0.5) is 4.39 Å². The number of rotatable bonds is 10. The van der Waals surface area contributed by atoms with E-state index in [1.807, 2.05) is 0 Å². The van der Waals surface area contributed by atoms with Gasteiger partial charge in [0.15, 0.2) is 6.04 Å². The van der Waals surface area contributed by atoms with Gasteiger partial charge in [0.05, 0.1) is 13.2 Å². The van der Waals surface area contributed by atoms with Gasteiger partial charge in [0.1, 0.15) is 5.82 Å². The van der Waals surface area contributed by atoms with Crippen LogP contribution in [0.25, 0.3) is 11.4 Å². The fourth-order valence-electron chi connectivity index (χ4n) is 2.14. The molecule has 1 heterocycles. The Morgan fingerprint density at radius 3 is 2.93 bits per heavy atom. The van der Waals surface area contributed by atoms with Crippen LogP contribution in [0.5, 0.6) is 0 Å². The molecule has 1 aromatic carbocycles. The van der Waals surface area contributed by atoms with Gasteiger partial charge in [-0.25, -0.2) is 9.18 Å². The number of aromatic nitrogens is 2. The summed E-state index contributed by atoms with van der Waals surface area (Å²) in [6.07, 6.45) is 1.55. The number of carbonyl (C=O) groups excluding carboxylic acids is 1. The molecule has 27 heavy (non-hydrogen) atoms. The molecule has 1 amide bonds. The van der Waals surface area contributed by atoms with E-state index in [-0.39, 0.29) is 43.6 Å².